The summed E-state index contributed by atoms with van der Waals surface area (Å²) < 4.78 is 5.13. The summed E-state index contributed by atoms with van der Waals surface area (Å²) in [7, 11) is 0. The van der Waals surface area contributed by atoms with E-state index in [0.29, 0.717) is 11.7 Å². The fraction of sp³-hybridized carbons (Fsp3) is 0.700. The van der Waals surface area contributed by atoms with E-state index in [0.717, 1.165) is 25.0 Å². The van der Waals surface area contributed by atoms with Crippen LogP contribution in [0.15, 0.2) is 10.6 Å². The van der Waals surface area contributed by atoms with Gasteiger partial charge in [-0.3, -0.25) is 0 Å². The summed E-state index contributed by atoms with van der Waals surface area (Å²) in [6.45, 7) is 4.12. The van der Waals surface area contributed by atoms with Gasteiger partial charge in [0, 0.05) is 6.07 Å². The van der Waals surface area contributed by atoms with Crippen LogP contribution in [0.1, 0.15) is 50.5 Å². The second kappa shape index (κ2) is 2.84. The molecule has 0 amide bonds. The van der Waals surface area contributed by atoms with Crippen LogP contribution in [0.4, 0.5) is 0 Å². The molecular weight excluding hydrogens is 166 g/mol. The Morgan fingerprint density at radius 2 is 2.23 bits per heavy atom. The monoisotopic (exact) mass is 181 g/mol. The molecule has 0 saturated heterocycles. The maximum Gasteiger partial charge on any atom is 0.168 e. The fourth-order valence-corrected chi connectivity index (χ4v) is 1.54. The number of aromatic nitrogens is 1. The van der Waals surface area contributed by atoms with E-state index in [4.69, 9.17) is 4.52 Å². The predicted molar refractivity (Wildman–Crippen MR) is 48.3 cm³/mol. The van der Waals surface area contributed by atoms with E-state index in [1.165, 1.54) is 0 Å². The van der Waals surface area contributed by atoms with Gasteiger partial charge in [0.15, 0.2) is 5.76 Å². The van der Waals surface area contributed by atoms with Crippen LogP contribution in [0.3, 0.4) is 0 Å². The first kappa shape index (κ1) is 8.75. The number of nitrogens with zero attached hydrogens (tertiary/aromatic N) is 1. The first-order valence-electron chi connectivity index (χ1n) is 4.81. The maximum atomic E-state index is 9.94. The van der Waals surface area contributed by atoms with Crippen LogP contribution < -0.4 is 0 Å². The average Bonchev–Trinajstić information content (AvgIpc) is 2.48. The van der Waals surface area contributed by atoms with E-state index in [9.17, 15) is 5.11 Å². The van der Waals surface area contributed by atoms with Gasteiger partial charge in [-0.2, -0.15) is 0 Å². The Morgan fingerprint density at radius 1 is 1.54 bits per heavy atom. The molecule has 1 aliphatic rings. The van der Waals surface area contributed by atoms with Crippen LogP contribution in [0.2, 0.25) is 0 Å². The van der Waals surface area contributed by atoms with E-state index in [1.807, 2.05) is 6.07 Å². The van der Waals surface area contributed by atoms with Gasteiger partial charge in [-0.1, -0.05) is 19.0 Å². The Bertz CT molecular complexity index is 300. The molecule has 0 spiro atoms. The molecule has 2 rings (SSSR count). The topological polar surface area (TPSA) is 46.3 Å². The zero-order valence-corrected chi connectivity index (χ0v) is 8.08. The van der Waals surface area contributed by atoms with E-state index >= 15 is 0 Å². The van der Waals surface area contributed by atoms with E-state index in [-0.39, 0.29) is 0 Å². The Kier molecular flexibility index (Phi) is 1.91. The summed E-state index contributed by atoms with van der Waals surface area (Å²) in [6.07, 6.45) is 2.69. The zero-order valence-electron chi connectivity index (χ0n) is 8.08. The highest BCUT2D eigenvalue weighted by molar-refractivity contribution is 5.17. The van der Waals surface area contributed by atoms with Crippen molar-refractivity contribution >= 4 is 0 Å². The molecule has 1 aliphatic carbocycles. The molecular formula is C10H15NO2. The molecule has 0 unspecified atom stereocenters. The molecule has 3 heteroatoms. The first-order chi connectivity index (χ1) is 6.12. The number of hydrogen-bond donors (Lipinski definition) is 1. The predicted octanol–water partition coefficient (Wildman–Crippen LogP) is 2.17. The highest BCUT2D eigenvalue weighted by atomic mass is 16.5. The average molecular weight is 181 g/mol. The largest absolute Gasteiger partial charge is 0.382 e. The van der Waals surface area contributed by atoms with E-state index in [2.05, 4.69) is 19.0 Å². The molecule has 1 aromatic heterocycles. The van der Waals surface area contributed by atoms with Gasteiger partial charge in [-0.25, -0.2) is 0 Å². The molecule has 1 fully saturated rings. The lowest BCUT2D eigenvalue weighted by molar-refractivity contribution is -0.0602. The highest BCUT2D eigenvalue weighted by Gasteiger charge is 2.40. The van der Waals surface area contributed by atoms with Gasteiger partial charge in [0.25, 0.3) is 0 Å². The minimum Gasteiger partial charge on any atom is -0.382 e. The molecule has 0 atom stereocenters. The van der Waals surface area contributed by atoms with Crippen molar-refractivity contribution in [2.45, 2.75) is 44.6 Å². The second-order valence-corrected chi connectivity index (χ2v) is 4.16. The summed E-state index contributed by atoms with van der Waals surface area (Å²) in [4.78, 5) is 0. The van der Waals surface area contributed by atoms with Crippen LogP contribution in [0.5, 0.6) is 0 Å². The molecule has 1 saturated carbocycles. The van der Waals surface area contributed by atoms with Crippen molar-refractivity contribution in [3.8, 4) is 0 Å². The minimum atomic E-state index is -0.708. The van der Waals surface area contributed by atoms with Crippen molar-refractivity contribution in [1.82, 2.24) is 5.16 Å². The molecule has 72 valence electrons. The Balaban J connectivity index is 2.22. The molecule has 1 aromatic rings. The van der Waals surface area contributed by atoms with Gasteiger partial charge in [0.05, 0.1) is 5.69 Å². The van der Waals surface area contributed by atoms with Crippen molar-refractivity contribution in [3.63, 3.8) is 0 Å². The van der Waals surface area contributed by atoms with E-state index < -0.39 is 5.60 Å². The van der Waals surface area contributed by atoms with Crippen LogP contribution >= 0.6 is 0 Å². The third-order valence-electron chi connectivity index (χ3n) is 2.76. The Labute approximate surface area is 77.7 Å². The lowest BCUT2D eigenvalue weighted by Crippen LogP contribution is -2.33. The van der Waals surface area contributed by atoms with Crippen LogP contribution in [0.25, 0.3) is 0 Å². The number of hydrogen-bond acceptors (Lipinski definition) is 3. The molecule has 3 nitrogen and oxygen atoms in total. The lowest BCUT2D eigenvalue weighted by Gasteiger charge is -2.33. The number of rotatable bonds is 2. The minimum absolute atomic E-state index is 0.362. The quantitative estimate of drug-likeness (QED) is 0.760. The highest BCUT2D eigenvalue weighted by Crippen LogP contribution is 2.41. The van der Waals surface area contributed by atoms with Crippen molar-refractivity contribution in [3.05, 3.63) is 17.5 Å². The summed E-state index contributed by atoms with van der Waals surface area (Å²) in [6, 6.07) is 1.88. The van der Waals surface area contributed by atoms with Gasteiger partial charge < -0.3 is 9.63 Å². The smallest absolute Gasteiger partial charge is 0.168 e. The molecule has 0 aliphatic heterocycles. The number of aliphatic hydroxyl groups is 1. The van der Waals surface area contributed by atoms with Gasteiger partial charge in [-0.15, -0.1) is 0 Å². The summed E-state index contributed by atoms with van der Waals surface area (Å²) >= 11 is 0. The van der Waals surface area contributed by atoms with Gasteiger partial charge in [0.1, 0.15) is 5.60 Å². The third kappa shape index (κ3) is 1.37. The van der Waals surface area contributed by atoms with Crippen molar-refractivity contribution in [2.75, 3.05) is 0 Å². The van der Waals surface area contributed by atoms with Crippen LogP contribution in [-0.2, 0) is 5.60 Å². The van der Waals surface area contributed by atoms with Gasteiger partial charge in [-0.05, 0) is 25.2 Å². The van der Waals surface area contributed by atoms with Crippen LogP contribution in [-0.4, -0.2) is 10.3 Å². The van der Waals surface area contributed by atoms with E-state index in [1.54, 1.807) is 0 Å². The fourth-order valence-electron chi connectivity index (χ4n) is 1.54. The van der Waals surface area contributed by atoms with Crippen molar-refractivity contribution in [1.29, 1.82) is 0 Å². The van der Waals surface area contributed by atoms with Crippen molar-refractivity contribution < 1.29 is 9.63 Å². The van der Waals surface area contributed by atoms with Gasteiger partial charge in [0.2, 0.25) is 0 Å². The summed E-state index contributed by atoms with van der Waals surface area (Å²) in [5, 5.41) is 13.9. The maximum absolute atomic E-state index is 9.94. The molecule has 0 aromatic carbocycles. The van der Waals surface area contributed by atoms with Crippen molar-refractivity contribution in [2.24, 2.45) is 0 Å². The Morgan fingerprint density at radius 3 is 2.62 bits per heavy atom. The Hall–Kier alpha value is -0.830. The van der Waals surface area contributed by atoms with Gasteiger partial charge >= 0.3 is 0 Å². The third-order valence-corrected chi connectivity index (χ3v) is 2.76. The standard InChI is InChI=1S/C10H15NO2/c1-7(2)8-6-9(13-11-8)10(12)4-3-5-10/h6-7,12H,3-5H2,1-2H3. The first-order valence-corrected chi connectivity index (χ1v) is 4.81. The van der Waals surface area contributed by atoms with Crippen LogP contribution in [0, 0.1) is 0 Å². The second-order valence-electron chi connectivity index (χ2n) is 4.16. The molecule has 1 N–H and O–H groups in total. The molecule has 1 heterocycles. The lowest BCUT2D eigenvalue weighted by atomic mass is 9.78. The molecule has 0 bridgehead atoms. The molecule has 13 heavy (non-hydrogen) atoms. The summed E-state index contributed by atoms with van der Waals surface area (Å²) in [5.41, 5.74) is 0.218. The summed E-state index contributed by atoms with van der Waals surface area (Å²) in [5.74, 6) is 1.00. The normalized spacial score (nSPS) is 20.3. The SMILES string of the molecule is CC(C)c1cc(C2(O)CCC2)on1. The molecule has 0 radical (unpaired) electrons. The zero-order chi connectivity index (χ0) is 9.47.